The van der Waals surface area contributed by atoms with Gasteiger partial charge in [0.1, 0.15) is 0 Å². The van der Waals surface area contributed by atoms with E-state index in [9.17, 15) is 9.59 Å². The van der Waals surface area contributed by atoms with E-state index in [1.54, 1.807) is 0 Å². The van der Waals surface area contributed by atoms with Gasteiger partial charge in [-0.1, -0.05) is 32.4 Å². The zero-order valence-electron chi connectivity index (χ0n) is 12.6. The Morgan fingerprint density at radius 2 is 1.76 bits per heavy atom. The molecule has 1 aromatic carbocycles. The summed E-state index contributed by atoms with van der Waals surface area (Å²) in [4.78, 5) is 23.3. The molecule has 1 aliphatic rings. The predicted octanol–water partition coefficient (Wildman–Crippen LogP) is 3.64. The lowest BCUT2D eigenvalue weighted by atomic mass is 9.81. The Morgan fingerprint density at radius 3 is 2.33 bits per heavy atom. The van der Waals surface area contributed by atoms with Crippen molar-refractivity contribution in [3.8, 4) is 0 Å². The minimum Gasteiger partial charge on any atom is -0.481 e. The van der Waals surface area contributed by atoms with Crippen molar-refractivity contribution in [1.82, 2.24) is 0 Å². The molecule has 2 N–H and O–H groups in total. The number of anilines is 1. The van der Waals surface area contributed by atoms with Crippen LogP contribution < -0.4 is 5.32 Å². The Hall–Kier alpha value is -1.84. The fourth-order valence-electron chi connectivity index (χ4n) is 2.85. The van der Waals surface area contributed by atoms with Crippen LogP contribution in [-0.2, 0) is 9.59 Å². The molecule has 0 spiro atoms. The van der Waals surface area contributed by atoms with E-state index in [1.165, 1.54) is 5.56 Å². The molecule has 2 atom stereocenters. The summed E-state index contributed by atoms with van der Waals surface area (Å²) in [6, 6.07) is 7.85. The van der Waals surface area contributed by atoms with Crippen LogP contribution in [0, 0.1) is 11.8 Å². The molecule has 114 valence electrons. The van der Waals surface area contributed by atoms with Crippen LogP contribution in [-0.4, -0.2) is 17.0 Å². The van der Waals surface area contributed by atoms with E-state index in [0.717, 1.165) is 18.5 Å². The number of carboxylic acids is 1. The maximum absolute atomic E-state index is 12.3. The standard InChI is InChI=1S/C17H23NO3/c1-11(2)12-6-8-15(9-7-12)18-16(19)13-4-3-5-14(10-13)17(20)21/h6-9,11,13-14H,3-5,10H2,1-2H3,(H,18,19)(H,20,21). The van der Waals surface area contributed by atoms with Gasteiger partial charge in [-0.15, -0.1) is 0 Å². The first-order valence-electron chi connectivity index (χ1n) is 7.61. The quantitative estimate of drug-likeness (QED) is 0.889. The van der Waals surface area contributed by atoms with E-state index in [2.05, 4.69) is 19.2 Å². The molecule has 0 saturated heterocycles. The molecule has 0 heterocycles. The van der Waals surface area contributed by atoms with Gasteiger partial charge in [0.05, 0.1) is 5.92 Å². The molecule has 0 aromatic heterocycles. The molecule has 1 amide bonds. The highest BCUT2D eigenvalue weighted by atomic mass is 16.4. The van der Waals surface area contributed by atoms with Gasteiger partial charge in [-0.2, -0.15) is 0 Å². The van der Waals surface area contributed by atoms with Crippen molar-refractivity contribution in [2.45, 2.75) is 45.4 Å². The average Bonchev–Trinajstić information content (AvgIpc) is 2.48. The molecule has 1 aliphatic carbocycles. The van der Waals surface area contributed by atoms with Crippen LogP contribution in [0.25, 0.3) is 0 Å². The second kappa shape index (κ2) is 6.74. The van der Waals surface area contributed by atoms with E-state index in [1.807, 2.05) is 24.3 Å². The zero-order chi connectivity index (χ0) is 15.4. The third-order valence-electron chi connectivity index (χ3n) is 4.24. The summed E-state index contributed by atoms with van der Waals surface area (Å²) >= 11 is 0. The van der Waals surface area contributed by atoms with Gasteiger partial charge in [0.2, 0.25) is 5.91 Å². The van der Waals surface area contributed by atoms with Crippen molar-refractivity contribution in [1.29, 1.82) is 0 Å². The van der Waals surface area contributed by atoms with Crippen LogP contribution in [0.3, 0.4) is 0 Å². The van der Waals surface area contributed by atoms with Gasteiger partial charge < -0.3 is 10.4 Å². The van der Waals surface area contributed by atoms with E-state index in [4.69, 9.17) is 5.11 Å². The molecule has 0 bridgehead atoms. The van der Waals surface area contributed by atoms with Gasteiger partial charge >= 0.3 is 5.97 Å². The van der Waals surface area contributed by atoms with Crippen LogP contribution in [0.5, 0.6) is 0 Å². The summed E-state index contributed by atoms with van der Waals surface area (Å²) in [5, 5.41) is 12.0. The van der Waals surface area contributed by atoms with Crippen molar-refractivity contribution < 1.29 is 14.7 Å². The molecule has 1 fully saturated rings. The summed E-state index contributed by atoms with van der Waals surface area (Å²) < 4.78 is 0. The number of rotatable bonds is 4. The smallest absolute Gasteiger partial charge is 0.306 e. The maximum Gasteiger partial charge on any atom is 0.306 e. The summed E-state index contributed by atoms with van der Waals surface area (Å²) in [6.07, 6.45) is 2.72. The van der Waals surface area contributed by atoms with Crippen LogP contribution in [0.15, 0.2) is 24.3 Å². The number of hydrogen-bond acceptors (Lipinski definition) is 2. The number of benzene rings is 1. The monoisotopic (exact) mass is 289 g/mol. The highest BCUT2D eigenvalue weighted by Gasteiger charge is 2.30. The highest BCUT2D eigenvalue weighted by molar-refractivity contribution is 5.93. The molecule has 21 heavy (non-hydrogen) atoms. The first kappa shape index (κ1) is 15.5. The zero-order valence-corrected chi connectivity index (χ0v) is 12.6. The Labute approximate surface area is 125 Å². The second-order valence-corrected chi connectivity index (χ2v) is 6.16. The minimum atomic E-state index is -0.784. The number of amides is 1. The van der Waals surface area contributed by atoms with Crippen molar-refractivity contribution in [2.24, 2.45) is 11.8 Å². The van der Waals surface area contributed by atoms with E-state index in [0.29, 0.717) is 18.8 Å². The molecule has 0 aliphatic heterocycles. The van der Waals surface area contributed by atoms with Crippen molar-refractivity contribution >= 4 is 17.6 Å². The second-order valence-electron chi connectivity index (χ2n) is 6.16. The fraction of sp³-hybridized carbons (Fsp3) is 0.529. The van der Waals surface area contributed by atoms with Crippen LogP contribution in [0.2, 0.25) is 0 Å². The Kier molecular flexibility index (Phi) is 4.99. The van der Waals surface area contributed by atoms with Gasteiger partial charge in [0.15, 0.2) is 0 Å². The minimum absolute atomic E-state index is 0.0572. The molecule has 4 nitrogen and oxygen atoms in total. The third-order valence-corrected chi connectivity index (χ3v) is 4.24. The summed E-state index contributed by atoms with van der Waals surface area (Å²) in [7, 11) is 0. The SMILES string of the molecule is CC(C)c1ccc(NC(=O)C2CCCC(C(=O)O)C2)cc1. The van der Waals surface area contributed by atoms with Crippen molar-refractivity contribution in [2.75, 3.05) is 5.32 Å². The lowest BCUT2D eigenvalue weighted by molar-refractivity contribution is -0.143. The number of carbonyl (C=O) groups excluding carboxylic acids is 1. The highest BCUT2D eigenvalue weighted by Crippen LogP contribution is 2.30. The van der Waals surface area contributed by atoms with E-state index < -0.39 is 5.97 Å². The van der Waals surface area contributed by atoms with Gasteiger partial charge in [0.25, 0.3) is 0 Å². The van der Waals surface area contributed by atoms with Gasteiger partial charge in [0, 0.05) is 11.6 Å². The molecular weight excluding hydrogens is 266 g/mol. The maximum atomic E-state index is 12.3. The molecule has 0 radical (unpaired) electrons. The molecule has 1 aromatic rings. The average molecular weight is 289 g/mol. The molecule has 2 rings (SSSR count). The first-order valence-corrected chi connectivity index (χ1v) is 7.61. The molecular formula is C17H23NO3. The van der Waals surface area contributed by atoms with Crippen LogP contribution >= 0.6 is 0 Å². The number of carboxylic acid groups (broad SMARTS) is 1. The predicted molar refractivity (Wildman–Crippen MR) is 82.2 cm³/mol. The van der Waals surface area contributed by atoms with Crippen LogP contribution in [0.4, 0.5) is 5.69 Å². The molecule has 2 unspecified atom stereocenters. The Balaban J connectivity index is 1.96. The molecule has 1 saturated carbocycles. The lowest BCUT2D eigenvalue weighted by Crippen LogP contribution is -2.30. The van der Waals surface area contributed by atoms with Gasteiger partial charge in [-0.3, -0.25) is 9.59 Å². The Morgan fingerprint density at radius 1 is 1.14 bits per heavy atom. The summed E-state index contributed by atoms with van der Waals surface area (Å²) in [6.45, 7) is 4.25. The number of hydrogen-bond donors (Lipinski definition) is 2. The van der Waals surface area contributed by atoms with Crippen molar-refractivity contribution in [3.63, 3.8) is 0 Å². The fourth-order valence-corrected chi connectivity index (χ4v) is 2.85. The topological polar surface area (TPSA) is 66.4 Å². The van der Waals surface area contributed by atoms with Gasteiger partial charge in [-0.05, 0) is 42.9 Å². The number of nitrogens with one attached hydrogen (secondary N) is 1. The van der Waals surface area contributed by atoms with Crippen LogP contribution in [0.1, 0.15) is 51.0 Å². The largest absolute Gasteiger partial charge is 0.481 e. The molecule has 4 heteroatoms. The van der Waals surface area contributed by atoms with E-state index in [-0.39, 0.29) is 17.7 Å². The third kappa shape index (κ3) is 4.06. The normalized spacial score (nSPS) is 22.0. The Bertz CT molecular complexity index is 507. The summed E-state index contributed by atoms with van der Waals surface area (Å²) in [5.41, 5.74) is 2.01. The number of aliphatic carboxylic acids is 1. The lowest BCUT2D eigenvalue weighted by Gasteiger charge is -2.25. The van der Waals surface area contributed by atoms with E-state index >= 15 is 0 Å². The van der Waals surface area contributed by atoms with Gasteiger partial charge in [-0.25, -0.2) is 0 Å². The number of carbonyl (C=O) groups is 2. The van der Waals surface area contributed by atoms with Crippen molar-refractivity contribution in [3.05, 3.63) is 29.8 Å². The summed E-state index contributed by atoms with van der Waals surface area (Å²) in [5.74, 6) is -0.945. The first-order chi connectivity index (χ1) is 9.97.